The molecule has 0 aliphatic carbocycles. The van der Waals surface area contributed by atoms with Gasteiger partial charge in [0.05, 0.1) is 19.1 Å². The molecule has 2 atom stereocenters. The molecule has 19 heavy (non-hydrogen) atoms. The predicted octanol–water partition coefficient (Wildman–Crippen LogP) is 1.57. The van der Waals surface area contributed by atoms with E-state index in [9.17, 15) is 4.79 Å². The lowest BCUT2D eigenvalue weighted by Crippen LogP contribution is -2.51. The Morgan fingerprint density at radius 1 is 1.63 bits per heavy atom. The monoisotopic (exact) mass is 326 g/mol. The number of rotatable bonds is 3. The summed E-state index contributed by atoms with van der Waals surface area (Å²) in [4.78, 5) is 14.1. The minimum absolute atomic E-state index is 0.0542. The third kappa shape index (κ3) is 4.03. The SMILES string of the molecule is CC(N)C1CN(C(=O)Cc2cccc(Br)c2)CCO1. The Labute approximate surface area is 122 Å². The van der Waals surface area contributed by atoms with Gasteiger partial charge in [-0.25, -0.2) is 0 Å². The Morgan fingerprint density at radius 2 is 2.42 bits per heavy atom. The molecule has 1 saturated heterocycles. The molecule has 5 heteroatoms. The number of carbonyl (C=O) groups is 1. The molecule has 104 valence electrons. The van der Waals surface area contributed by atoms with Crippen molar-refractivity contribution in [1.82, 2.24) is 4.90 Å². The van der Waals surface area contributed by atoms with Gasteiger partial charge in [-0.3, -0.25) is 4.79 Å². The topological polar surface area (TPSA) is 55.6 Å². The molecule has 2 unspecified atom stereocenters. The molecule has 1 aromatic rings. The lowest BCUT2D eigenvalue weighted by molar-refractivity contribution is -0.138. The van der Waals surface area contributed by atoms with E-state index in [2.05, 4.69) is 15.9 Å². The van der Waals surface area contributed by atoms with E-state index in [1.807, 2.05) is 36.1 Å². The molecule has 0 bridgehead atoms. The fourth-order valence-corrected chi connectivity index (χ4v) is 2.60. The van der Waals surface area contributed by atoms with E-state index in [0.717, 1.165) is 10.0 Å². The zero-order valence-electron chi connectivity index (χ0n) is 11.0. The molecule has 0 radical (unpaired) electrons. The van der Waals surface area contributed by atoms with Crippen molar-refractivity contribution in [3.63, 3.8) is 0 Å². The van der Waals surface area contributed by atoms with Crippen LogP contribution in [0.1, 0.15) is 12.5 Å². The second kappa shape index (κ2) is 6.50. The molecule has 1 aliphatic rings. The molecule has 1 heterocycles. The van der Waals surface area contributed by atoms with Crippen LogP contribution >= 0.6 is 15.9 Å². The van der Waals surface area contributed by atoms with E-state index >= 15 is 0 Å². The van der Waals surface area contributed by atoms with Crippen LogP contribution in [0.2, 0.25) is 0 Å². The highest BCUT2D eigenvalue weighted by Gasteiger charge is 2.26. The zero-order valence-corrected chi connectivity index (χ0v) is 12.6. The van der Waals surface area contributed by atoms with Crippen LogP contribution in [0, 0.1) is 0 Å². The summed E-state index contributed by atoms with van der Waals surface area (Å²) in [6, 6.07) is 7.78. The number of ether oxygens (including phenoxy) is 1. The van der Waals surface area contributed by atoms with E-state index < -0.39 is 0 Å². The maximum absolute atomic E-state index is 12.3. The first kappa shape index (κ1) is 14.5. The van der Waals surface area contributed by atoms with Gasteiger partial charge in [0.15, 0.2) is 0 Å². The van der Waals surface area contributed by atoms with Crippen LogP contribution in [0.5, 0.6) is 0 Å². The van der Waals surface area contributed by atoms with Crippen LogP contribution in [-0.2, 0) is 16.0 Å². The zero-order chi connectivity index (χ0) is 13.8. The quantitative estimate of drug-likeness (QED) is 0.917. The number of carbonyl (C=O) groups excluding carboxylic acids is 1. The molecule has 2 N–H and O–H groups in total. The van der Waals surface area contributed by atoms with Crippen LogP contribution in [0.3, 0.4) is 0 Å². The first-order chi connectivity index (χ1) is 9.06. The lowest BCUT2D eigenvalue weighted by atomic mass is 10.1. The average Bonchev–Trinajstić information content (AvgIpc) is 2.39. The molecule has 0 saturated carbocycles. The normalized spacial score (nSPS) is 21.2. The minimum Gasteiger partial charge on any atom is -0.373 e. The molecule has 1 fully saturated rings. The van der Waals surface area contributed by atoms with Crippen molar-refractivity contribution < 1.29 is 9.53 Å². The standard InChI is InChI=1S/C14H19BrN2O2/c1-10(16)13-9-17(5-6-19-13)14(18)8-11-3-2-4-12(15)7-11/h2-4,7,10,13H,5-6,8-9,16H2,1H3. The summed E-state index contributed by atoms with van der Waals surface area (Å²) >= 11 is 3.42. The van der Waals surface area contributed by atoms with Crippen LogP contribution < -0.4 is 5.73 Å². The van der Waals surface area contributed by atoms with Crippen LogP contribution in [0.4, 0.5) is 0 Å². The van der Waals surface area contributed by atoms with Gasteiger partial charge in [-0.1, -0.05) is 28.1 Å². The smallest absolute Gasteiger partial charge is 0.227 e. The minimum atomic E-state index is -0.0554. The molecule has 1 aliphatic heterocycles. The molecular formula is C14H19BrN2O2. The summed E-state index contributed by atoms with van der Waals surface area (Å²) in [6.45, 7) is 3.71. The maximum Gasteiger partial charge on any atom is 0.227 e. The summed E-state index contributed by atoms with van der Waals surface area (Å²) in [6.07, 6.45) is 0.366. The highest BCUT2D eigenvalue weighted by atomic mass is 79.9. The van der Waals surface area contributed by atoms with Crippen molar-refractivity contribution in [2.24, 2.45) is 5.73 Å². The van der Waals surface area contributed by atoms with Crippen molar-refractivity contribution in [3.05, 3.63) is 34.3 Å². The van der Waals surface area contributed by atoms with Crippen LogP contribution in [0.15, 0.2) is 28.7 Å². The van der Waals surface area contributed by atoms with Crippen LogP contribution in [-0.4, -0.2) is 42.6 Å². The van der Waals surface area contributed by atoms with Crippen molar-refractivity contribution in [2.45, 2.75) is 25.5 Å². The number of halogens is 1. The van der Waals surface area contributed by atoms with Gasteiger partial charge < -0.3 is 15.4 Å². The number of benzene rings is 1. The van der Waals surface area contributed by atoms with Gasteiger partial charge in [0.1, 0.15) is 0 Å². The molecule has 4 nitrogen and oxygen atoms in total. The van der Waals surface area contributed by atoms with E-state index in [1.54, 1.807) is 0 Å². The number of morpholine rings is 1. The third-order valence-electron chi connectivity index (χ3n) is 3.28. The highest BCUT2D eigenvalue weighted by Crippen LogP contribution is 2.14. The summed E-state index contributed by atoms with van der Waals surface area (Å²) in [7, 11) is 0. The maximum atomic E-state index is 12.3. The largest absolute Gasteiger partial charge is 0.373 e. The number of nitrogens with two attached hydrogens (primary N) is 1. The predicted molar refractivity (Wildman–Crippen MR) is 77.8 cm³/mol. The molecular weight excluding hydrogens is 308 g/mol. The molecule has 1 amide bonds. The van der Waals surface area contributed by atoms with Crippen molar-refractivity contribution >= 4 is 21.8 Å². The fraction of sp³-hybridized carbons (Fsp3) is 0.500. The second-order valence-corrected chi connectivity index (χ2v) is 5.83. The highest BCUT2D eigenvalue weighted by molar-refractivity contribution is 9.10. The number of nitrogens with zero attached hydrogens (tertiary/aromatic N) is 1. The van der Waals surface area contributed by atoms with Gasteiger partial charge in [0, 0.05) is 23.6 Å². The number of amides is 1. The van der Waals surface area contributed by atoms with Gasteiger partial charge in [0.2, 0.25) is 5.91 Å². The van der Waals surface area contributed by atoms with Crippen molar-refractivity contribution in [3.8, 4) is 0 Å². The van der Waals surface area contributed by atoms with Gasteiger partial charge in [-0.2, -0.15) is 0 Å². The Morgan fingerprint density at radius 3 is 3.11 bits per heavy atom. The van der Waals surface area contributed by atoms with Gasteiger partial charge >= 0.3 is 0 Å². The summed E-state index contributed by atoms with van der Waals surface area (Å²) < 4.78 is 6.56. The molecule has 2 rings (SSSR count). The van der Waals surface area contributed by atoms with Gasteiger partial charge in [0.25, 0.3) is 0 Å². The first-order valence-corrected chi connectivity index (χ1v) is 7.25. The van der Waals surface area contributed by atoms with E-state index in [0.29, 0.717) is 26.1 Å². The van der Waals surface area contributed by atoms with Crippen molar-refractivity contribution in [1.29, 1.82) is 0 Å². The number of hydrogen-bond acceptors (Lipinski definition) is 3. The van der Waals surface area contributed by atoms with Gasteiger partial charge in [-0.05, 0) is 24.6 Å². The van der Waals surface area contributed by atoms with E-state index in [-0.39, 0.29) is 18.1 Å². The summed E-state index contributed by atoms with van der Waals surface area (Å²) in [5.41, 5.74) is 6.85. The van der Waals surface area contributed by atoms with E-state index in [4.69, 9.17) is 10.5 Å². The molecule has 1 aromatic carbocycles. The Bertz CT molecular complexity index is 451. The van der Waals surface area contributed by atoms with Crippen molar-refractivity contribution in [2.75, 3.05) is 19.7 Å². The summed E-state index contributed by atoms with van der Waals surface area (Å²) in [5.74, 6) is 0.132. The Kier molecular flexibility index (Phi) is 4.96. The molecule has 0 spiro atoms. The fourth-order valence-electron chi connectivity index (χ4n) is 2.15. The number of hydrogen-bond donors (Lipinski definition) is 1. The summed E-state index contributed by atoms with van der Waals surface area (Å²) in [5, 5.41) is 0. The Balaban J connectivity index is 1.96. The third-order valence-corrected chi connectivity index (χ3v) is 3.77. The van der Waals surface area contributed by atoms with Crippen LogP contribution in [0.25, 0.3) is 0 Å². The first-order valence-electron chi connectivity index (χ1n) is 6.45. The van der Waals surface area contributed by atoms with E-state index in [1.165, 1.54) is 0 Å². The Hall–Kier alpha value is -0.910. The molecule has 0 aromatic heterocycles. The lowest BCUT2D eigenvalue weighted by Gasteiger charge is -2.34. The second-order valence-electron chi connectivity index (χ2n) is 4.91. The van der Waals surface area contributed by atoms with Gasteiger partial charge in [-0.15, -0.1) is 0 Å². The average molecular weight is 327 g/mol.